The van der Waals surface area contributed by atoms with Gasteiger partial charge in [-0.3, -0.25) is 0 Å². The summed E-state index contributed by atoms with van der Waals surface area (Å²) < 4.78 is 20.3. The third kappa shape index (κ3) is 13.1. The molecule has 0 aromatic carbocycles. The molecule has 0 aliphatic carbocycles. The Balaban J connectivity index is 3.01. The first-order chi connectivity index (χ1) is 8.31. The molecule has 6 heteroatoms. The fourth-order valence-electron chi connectivity index (χ4n) is 0.992. The normalized spacial score (nSPS) is 10.2. The molecule has 0 fully saturated rings. The maximum atomic E-state index is 10.9. The predicted molar refractivity (Wildman–Crippen MR) is 63.2 cm³/mol. The molecule has 6 nitrogen and oxygen atoms in total. The van der Waals surface area contributed by atoms with E-state index < -0.39 is 6.09 Å². The lowest BCUT2D eigenvalue weighted by atomic mass is 10.6. The molecule has 17 heavy (non-hydrogen) atoms. The fourth-order valence-corrected chi connectivity index (χ4v) is 0.992. The molecule has 1 N–H and O–H groups in total. The Morgan fingerprint density at radius 2 is 1.47 bits per heavy atom. The van der Waals surface area contributed by atoms with Crippen molar-refractivity contribution < 1.29 is 23.7 Å². The second-order valence-electron chi connectivity index (χ2n) is 3.07. The molecule has 0 spiro atoms. The number of nitrogens with one attached hydrogen (secondary N) is 1. The molecule has 0 aromatic rings. The lowest BCUT2D eigenvalue weighted by Gasteiger charge is -2.07. The minimum absolute atomic E-state index is 0.375. The monoisotopic (exact) mass is 249 g/mol. The van der Waals surface area contributed by atoms with Gasteiger partial charge in [-0.15, -0.1) is 0 Å². The number of hydrogen-bond donors (Lipinski definition) is 1. The van der Waals surface area contributed by atoms with Crippen molar-refractivity contribution in [3.8, 4) is 0 Å². The van der Waals surface area contributed by atoms with E-state index in [0.717, 1.165) is 0 Å². The van der Waals surface area contributed by atoms with Gasteiger partial charge in [0.25, 0.3) is 0 Å². The highest BCUT2D eigenvalue weighted by molar-refractivity contribution is 5.66. The second kappa shape index (κ2) is 13.2. The Morgan fingerprint density at radius 1 is 0.882 bits per heavy atom. The molecule has 0 heterocycles. The summed E-state index contributed by atoms with van der Waals surface area (Å²) in [6.45, 7) is 7.92. The van der Waals surface area contributed by atoms with Crippen molar-refractivity contribution in [2.45, 2.75) is 13.8 Å². The van der Waals surface area contributed by atoms with Gasteiger partial charge in [-0.05, 0) is 13.8 Å². The number of rotatable bonds is 11. The van der Waals surface area contributed by atoms with Crippen molar-refractivity contribution in [1.29, 1.82) is 0 Å². The number of carbonyl (C=O) groups is 1. The molecule has 102 valence electrons. The van der Waals surface area contributed by atoms with Crippen LogP contribution in [0.3, 0.4) is 0 Å². The first-order valence-corrected chi connectivity index (χ1v) is 5.95. The molecule has 0 bridgehead atoms. The quantitative estimate of drug-likeness (QED) is 0.549. The summed E-state index contributed by atoms with van der Waals surface area (Å²) in [5.41, 5.74) is 0. The van der Waals surface area contributed by atoms with Crippen LogP contribution in [0.2, 0.25) is 0 Å². The van der Waals surface area contributed by atoms with Gasteiger partial charge in [0.1, 0.15) is 0 Å². The van der Waals surface area contributed by atoms with Crippen LogP contribution >= 0.6 is 0 Å². The Morgan fingerprint density at radius 3 is 2.06 bits per heavy atom. The first kappa shape index (κ1) is 16.1. The number of hydrogen-bond acceptors (Lipinski definition) is 5. The zero-order valence-electron chi connectivity index (χ0n) is 10.7. The lowest BCUT2D eigenvalue weighted by molar-refractivity contribution is 0.0175. The number of alkyl carbamates (subject to hydrolysis) is 1. The molecule has 0 aliphatic rings. The van der Waals surface area contributed by atoms with E-state index in [2.05, 4.69) is 10.1 Å². The van der Waals surface area contributed by atoms with E-state index in [-0.39, 0.29) is 0 Å². The van der Waals surface area contributed by atoms with Gasteiger partial charge in [0.2, 0.25) is 0 Å². The highest BCUT2D eigenvalue weighted by Crippen LogP contribution is 1.81. The van der Waals surface area contributed by atoms with Crippen LogP contribution in [-0.4, -0.2) is 58.9 Å². The van der Waals surface area contributed by atoms with E-state index >= 15 is 0 Å². The average Bonchev–Trinajstić information content (AvgIpc) is 2.32. The zero-order valence-corrected chi connectivity index (χ0v) is 10.7. The number of amides is 1. The van der Waals surface area contributed by atoms with Gasteiger partial charge >= 0.3 is 6.09 Å². The highest BCUT2D eigenvalue weighted by atomic mass is 16.6. The van der Waals surface area contributed by atoms with Crippen LogP contribution in [0, 0.1) is 0 Å². The second-order valence-corrected chi connectivity index (χ2v) is 3.07. The van der Waals surface area contributed by atoms with Crippen molar-refractivity contribution in [2.24, 2.45) is 0 Å². The average molecular weight is 249 g/mol. The van der Waals surface area contributed by atoms with Crippen molar-refractivity contribution in [3.05, 3.63) is 0 Å². The molecular weight excluding hydrogens is 226 g/mol. The van der Waals surface area contributed by atoms with Gasteiger partial charge in [0, 0.05) is 13.2 Å². The highest BCUT2D eigenvalue weighted by Gasteiger charge is 1.97. The van der Waals surface area contributed by atoms with Gasteiger partial charge in [0.05, 0.1) is 39.6 Å². The maximum Gasteiger partial charge on any atom is 0.407 e. The third-order valence-electron chi connectivity index (χ3n) is 1.74. The lowest BCUT2D eigenvalue weighted by Crippen LogP contribution is -2.28. The van der Waals surface area contributed by atoms with E-state index in [0.29, 0.717) is 52.8 Å². The summed E-state index contributed by atoms with van der Waals surface area (Å²) in [6.07, 6.45) is -0.413. The molecule has 0 aliphatic heterocycles. The number of ether oxygens (including phenoxy) is 4. The van der Waals surface area contributed by atoms with E-state index in [9.17, 15) is 4.79 Å². The summed E-state index contributed by atoms with van der Waals surface area (Å²) in [5, 5.41) is 2.56. The van der Waals surface area contributed by atoms with Crippen LogP contribution in [0.15, 0.2) is 0 Å². The van der Waals surface area contributed by atoms with Gasteiger partial charge in [0.15, 0.2) is 0 Å². The summed E-state index contributed by atoms with van der Waals surface area (Å²) >= 11 is 0. The molecule has 0 aromatic heterocycles. The standard InChI is InChI=1S/C11H23NO5/c1-3-14-7-8-16-10-9-15-6-5-12-11(13)17-4-2/h3-10H2,1-2H3,(H,12,13). The van der Waals surface area contributed by atoms with Gasteiger partial charge in [-0.2, -0.15) is 0 Å². The van der Waals surface area contributed by atoms with Crippen molar-refractivity contribution in [2.75, 3.05) is 52.8 Å². The molecule has 1 amide bonds. The zero-order chi connectivity index (χ0) is 12.8. The topological polar surface area (TPSA) is 66.0 Å². The van der Waals surface area contributed by atoms with Gasteiger partial charge < -0.3 is 24.3 Å². The molecule has 0 radical (unpaired) electrons. The van der Waals surface area contributed by atoms with E-state index in [1.54, 1.807) is 6.92 Å². The van der Waals surface area contributed by atoms with Gasteiger partial charge in [-0.1, -0.05) is 0 Å². The van der Waals surface area contributed by atoms with Crippen molar-refractivity contribution in [3.63, 3.8) is 0 Å². The molecule has 0 rings (SSSR count). The van der Waals surface area contributed by atoms with Crippen molar-refractivity contribution >= 4 is 6.09 Å². The summed E-state index contributed by atoms with van der Waals surface area (Å²) in [4.78, 5) is 10.9. The van der Waals surface area contributed by atoms with E-state index in [4.69, 9.17) is 14.2 Å². The molecule has 0 saturated carbocycles. The van der Waals surface area contributed by atoms with E-state index in [1.807, 2.05) is 6.92 Å². The summed E-state index contributed by atoms with van der Waals surface area (Å²) in [7, 11) is 0. The number of carbonyl (C=O) groups excluding carboxylic acids is 1. The minimum atomic E-state index is -0.413. The van der Waals surface area contributed by atoms with E-state index in [1.165, 1.54) is 0 Å². The van der Waals surface area contributed by atoms with Gasteiger partial charge in [-0.25, -0.2) is 4.79 Å². The van der Waals surface area contributed by atoms with Crippen LogP contribution in [0.4, 0.5) is 4.79 Å². The van der Waals surface area contributed by atoms with Crippen LogP contribution in [0.5, 0.6) is 0 Å². The predicted octanol–water partition coefficient (Wildman–Crippen LogP) is 0.802. The molecule has 0 unspecified atom stereocenters. The van der Waals surface area contributed by atoms with Crippen LogP contribution in [0.25, 0.3) is 0 Å². The smallest absolute Gasteiger partial charge is 0.407 e. The maximum absolute atomic E-state index is 10.9. The summed E-state index contributed by atoms with van der Waals surface area (Å²) in [5.74, 6) is 0. The Bertz CT molecular complexity index is 177. The SMILES string of the molecule is CCOCCOCCOCCNC(=O)OCC. The Labute approximate surface area is 103 Å². The van der Waals surface area contributed by atoms with Crippen LogP contribution < -0.4 is 5.32 Å². The van der Waals surface area contributed by atoms with Crippen molar-refractivity contribution in [1.82, 2.24) is 5.32 Å². The largest absolute Gasteiger partial charge is 0.450 e. The molecule has 0 atom stereocenters. The summed E-state index contributed by atoms with van der Waals surface area (Å²) in [6, 6.07) is 0. The molecule has 0 saturated heterocycles. The van der Waals surface area contributed by atoms with Crippen LogP contribution in [-0.2, 0) is 18.9 Å². The Hall–Kier alpha value is -0.850. The third-order valence-corrected chi connectivity index (χ3v) is 1.74. The fraction of sp³-hybridized carbons (Fsp3) is 0.909. The molecular formula is C11H23NO5. The van der Waals surface area contributed by atoms with Crippen LogP contribution in [0.1, 0.15) is 13.8 Å². The Kier molecular flexibility index (Phi) is 12.6. The first-order valence-electron chi connectivity index (χ1n) is 5.95. The minimum Gasteiger partial charge on any atom is -0.450 e.